The highest BCUT2D eigenvalue weighted by Crippen LogP contribution is 2.40. The second-order valence-electron chi connectivity index (χ2n) is 4.90. The Morgan fingerprint density at radius 2 is 2.27 bits per heavy atom. The number of likely N-dealkylation sites (tertiary alicyclic amines) is 1. The van der Waals surface area contributed by atoms with Crippen LogP contribution in [0.15, 0.2) is 0 Å². The van der Waals surface area contributed by atoms with Crippen molar-refractivity contribution in [2.75, 3.05) is 13.2 Å². The fourth-order valence-corrected chi connectivity index (χ4v) is 3.29. The van der Waals surface area contributed by atoms with Crippen LogP contribution in [0.1, 0.15) is 25.7 Å². The third kappa shape index (κ3) is 1.31. The summed E-state index contributed by atoms with van der Waals surface area (Å²) in [6.07, 6.45) is 4.20. The van der Waals surface area contributed by atoms with Gasteiger partial charge in [0, 0.05) is 31.5 Å². The number of nitrogens with two attached hydrogens (primary N) is 1. The van der Waals surface area contributed by atoms with Crippen LogP contribution in [0.2, 0.25) is 0 Å². The molecule has 0 spiro atoms. The quantitative estimate of drug-likeness (QED) is 0.668. The van der Waals surface area contributed by atoms with Gasteiger partial charge < -0.3 is 15.4 Å². The third-order valence-corrected chi connectivity index (χ3v) is 4.11. The van der Waals surface area contributed by atoms with Crippen molar-refractivity contribution in [1.82, 2.24) is 4.90 Å². The molecule has 4 heteroatoms. The number of rotatable bonds is 1. The zero-order chi connectivity index (χ0) is 10.4. The van der Waals surface area contributed by atoms with Gasteiger partial charge in [0.1, 0.15) is 0 Å². The lowest BCUT2D eigenvalue weighted by Gasteiger charge is -2.55. The van der Waals surface area contributed by atoms with E-state index in [0.29, 0.717) is 12.3 Å². The Morgan fingerprint density at radius 3 is 3.00 bits per heavy atom. The van der Waals surface area contributed by atoms with Crippen LogP contribution in [0, 0.1) is 5.92 Å². The maximum absolute atomic E-state index is 11.6. The Bertz CT molecular complexity index is 282. The lowest BCUT2D eigenvalue weighted by molar-refractivity contribution is -0.165. The van der Waals surface area contributed by atoms with Crippen molar-refractivity contribution in [3.8, 4) is 0 Å². The van der Waals surface area contributed by atoms with E-state index in [9.17, 15) is 4.79 Å². The molecule has 0 radical (unpaired) electrons. The van der Waals surface area contributed by atoms with Crippen molar-refractivity contribution in [2.24, 2.45) is 11.7 Å². The molecule has 3 fully saturated rings. The lowest BCUT2D eigenvalue weighted by atomic mass is 9.68. The highest BCUT2D eigenvalue weighted by Gasteiger charge is 2.54. The first kappa shape index (κ1) is 9.60. The minimum atomic E-state index is 0.150. The van der Waals surface area contributed by atoms with Gasteiger partial charge in [0.25, 0.3) is 0 Å². The molecular formula is C11H18N2O2. The summed E-state index contributed by atoms with van der Waals surface area (Å²) in [6, 6.07) is 0.322. The van der Waals surface area contributed by atoms with E-state index in [0.717, 1.165) is 26.0 Å². The Kier molecular flexibility index (Phi) is 2.21. The van der Waals surface area contributed by atoms with Crippen LogP contribution in [-0.2, 0) is 9.53 Å². The second-order valence-corrected chi connectivity index (χ2v) is 4.90. The summed E-state index contributed by atoms with van der Waals surface area (Å²) in [6.45, 7) is 1.72. The van der Waals surface area contributed by atoms with Crippen molar-refractivity contribution >= 4 is 5.91 Å². The van der Waals surface area contributed by atoms with E-state index in [-0.39, 0.29) is 24.1 Å². The molecule has 2 heterocycles. The van der Waals surface area contributed by atoms with Crippen molar-refractivity contribution in [3.05, 3.63) is 0 Å². The SMILES string of the molecule is NC1C2CCCOC2C1N1CCCC1=O. The van der Waals surface area contributed by atoms with E-state index in [1.165, 1.54) is 6.42 Å². The summed E-state index contributed by atoms with van der Waals surface area (Å²) in [5.74, 6) is 0.764. The zero-order valence-corrected chi connectivity index (χ0v) is 8.89. The van der Waals surface area contributed by atoms with Gasteiger partial charge in [-0.05, 0) is 19.3 Å². The standard InChI is InChI=1S/C11H18N2O2/c12-9-7-3-2-6-15-11(7)10(9)13-5-1-4-8(13)14/h7,9-11H,1-6,12H2. The summed E-state index contributed by atoms with van der Waals surface area (Å²) < 4.78 is 5.75. The molecule has 1 saturated carbocycles. The van der Waals surface area contributed by atoms with E-state index in [1.54, 1.807) is 0 Å². The number of hydrogen-bond acceptors (Lipinski definition) is 3. The normalized spacial score (nSPS) is 45.1. The van der Waals surface area contributed by atoms with E-state index in [2.05, 4.69) is 0 Å². The number of amides is 1. The molecular weight excluding hydrogens is 192 g/mol. The molecule has 2 aliphatic heterocycles. The van der Waals surface area contributed by atoms with E-state index in [1.807, 2.05) is 4.90 Å². The minimum absolute atomic E-state index is 0.150. The molecule has 15 heavy (non-hydrogen) atoms. The molecule has 4 nitrogen and oxygen atoms in total. The highest BCUT2D eigenvalue weighted by molar-refractivity contribution is 5.78. The number of carbonyl (C=O) groups excluding carboxylic acids is 1. The second kappa shape index (κ2) is 3.46. The fraction of sp³-hybridized carbons (Fsp3) is 0.909. The van der Waals surface area contributed by atoms with Crippen LogP contribution in [-0.4, -0.2) is 42.1 Å². The molecule has 3 rings (SSSR count). The molecule has 0 bridgehead atoms. The first-order valence-corrected chi connectivity index (χ1v) is 5.96. The summed E-state index contributed by atoms with van der Waals surface area (Å²) in [7, 11) is 0. The smallest absolute Gasteiger partial charge is 0.223 e. The van der Waals surface area contributed by atoms with Crippen LogP contribution < -0.4 is 5.73 Å². The molecule has 1 aliphatic carbocycles. The molecule has 0 aromatic carbocycles. The first-order valence-electron chi connectivity index (χ1n) is 5.96. The minimum Gasteiger partial charge on any atom is -0.376 e. The average Bonchev–Trinajstić information content (AvgIpc) is 2.65. The number of fused-ring (bicyclic) bond motifs is 1. The Hall–Kier alpha value is -0.610. The highest BCUT2D eigenvalue weighted by atomic mass is 16.5. The van der Waals surface area contributed by atoms with Gasteiger partial charge in [0.05, 0.1) is 12.1 Å². The van der Waals surface area contributed by atoms with Gasteiger partial charge >= 0.3 is 0 Å². The summed E-state index contributed by atoms with van der Waals surface area (Å²) in [4.78, 5) is 13.6. The summed E-state index contributed by atoms with van der Waals surface area (Å²) >= 11 is 0. The van der Waals surface area contributed by atoms with Gasteiger partial charge in [-0.3, -0.25) is 4.79 Å². The fourth-order valence-electron chi connectivity index (χ4n) is 3.29. The molecule has 4 atom stereocenters. The average molecular weight is 210 g/mol. The molecule has 2 N–H and O–H groups in total. The van der Waals surface area contributed by atoms with Crippen LogP contribution >= 0.6 is 0 Å². The zero-order valence-electron chi connectivity index (χ0n) is 8.89. The van der Waals surface area contributed by atoms with Crippen LogP contribution in [0.25, 0.3) is 0 Å². The van der Waals surface area contributed by atoms with E-state index < -0.39 is 0 Å². The van der Waals surface area contributed by atoms with Gasteiger partial charge in [-0.1, -0.05) is 0 Å². The maximum atomic E-state index is 11.6. The van der Waals surface area contributed by atoms with Gasteiger partial charge in [-0.25, -0.2) is 0 Å². The predicted octanol–water partition coefficient (Wildman–Crippen LogP) is 0.113. The van der Waals surface area contributed by atoms with E-state index in [4.69, 9.17) is 10.5 Å². The Morgan fingerprint density at radius 1 is 1.40 bits per heavy atom. The molecule has 4 unspecified atom stereocenters. The number of nitrogens with zero attached hydrogens (tertiary/aromatic N) is 1. The topological polar surface area (TPSA) is 55.6 Å². The van der Waals surface area contributed by atoms with Crippen molar-refractivity contribution in [1.29, 1.82) is 0 Å². The summed E-state index contributed by atoms with van der Waals surface area (Å²) in [5, 5.41) is 0. The Labute approximate surface area is 89.7 Å². The largest absolute Gasteiger partial charge is 0.376 e. The third-order valence-electron chi connectivity index (χ3n) is 4.11. The lowest BCUT2D eigenvalue weighted by Crippen LogP contribution is -2.72. The number of ether oxygens (including phenoxy) is 1. The molecule has 84 valence electrons. The van der Waals surface area contributed by atoms with Crippen LogP contribution in [0.5, 0.6) is 0 Å². The van der Waals surface area contributed by atoms with Crippen LogP contribution in [0.3, 0.4) is 0 Å². The van der Waals surface area contributed by atoms with Crippen molar-refractivity contribution in [2.45, 2.75) is 43.9 Å². The van der Waals surface area contributed by atoms with Crippen LogP contribution in [0.4, 0.5) is 0 Å². The molecule has 2 saturated heterocycles. The molecule has 0 aromatic rings. The van der Waals surface area contributed by atoms with Crippen molar-refractivity contribution in [3.63, 3.8) is 0 Å². The number of hydrogen-bond donors (Lipinski definition) is 1. The van der Waals surface area contributed by atoms with Crippen molar-refractivity contribution < 1.29 is 9.53 Å². The van der Waals surface area contributed by atoms with E-state index >= 15 is 0 Å². The summed E-state index contributed by atoms with van der Waals surface area (Å²) in [5.41, 5.74) is 6.15. The molecule has 3 aliphatic rings. The Balaban J connectivity index is 1.73. The monoisotopic (exact) mass is 210 g/mol. The maximum Gasteiger partial charge on any atom is 0.223 e. The van der Waals surface area contributed by atoms with Gasteiger partial charge in [-0.2, -0.15) is 0 Å². The van der Waals surface area contributed by atoms with Gasteiger partial charge in [-0.15, -0.1) is 0 Å². The predicted molar refractivity (Wildman–Crippen MR) is 55.2 cm³/mol. The molecule has 0 aromatic heterocycles. The van der Waals surface area contributed by atoms with Gasteiger partial charge in [0.2, 0.25) is 5.91 Å². The number of carbonyl (C=O) groups is 1. The first-order chi connectivity index (χ1) is 7.29. The van der Waals surface area contributed by atoms with Gasteiger partial charge in [0.15, 0.2) is 0 Å². The molecule has 1 amide bonds.